The Bertz CT molecular complexity index is 541. The molecule has 1 heterocycles. The van der Waals surface area contributed by atoms with Gasteiger partial charge in [0.25, 0.3) is 5.91 Å². The number of carbonyl (C=O) groups is 2. The zero-order valence-corrected chi connectivity index (χ0v) is 9.90. The highest BCUT2D eigenvalue weighted by atomic mass is 16.2. The third kappa shape index (κ3) is 2.01. The second kappa shape index (κ2) is 4.29. The highest BCUT2D eigenvalue weighted by molar-refractivity contribution is 6.01. The van der Waals surface area contributed by atoms with Crippen molar-refractivity contribution in [2.45, 2.75) is 25.3 Å². The van der Waals surface area contributed by atoms with Gasteiger partial charge in [-0.1, -0.05) is 12.2 Å². The highest BCUT2D eigenvalue weighted by Gasteiger charge is 2.20. The smallest absolute Gasteiger partial charge is 0.251 e. The molecule has 0 aromatic heterocycles. The molecular formula is C14H14N2O2. The predicted molar refractivity (Wildman–Crippen MR) is 68.4 cm³/mol. The summed E-state index contributed by atoms with van der Waals surface area (Å²) in [4.78, 5) is 23.3. The fourth-order valence-electron chi connectivity index (χ4n) is 2.37. The molecule has 92 valence electrons. The molecule has 0 bridgehead atoms. The maximum absolute atomic E-state index is 12.0. The molecule has 1 aliphatic heterocycles. The van der Waals surface area contributed by atoms with E-state index in [4.69, 9.17) is 0 Å². The SMILES string of the molecule is O=C1Cc2cc(C(=O)NC3CC=CC3)ccc2N1. The van der Waals surface area contributed by atoms with Crippen LogP contribution in [0.5, 0.6) is 0 Å². The van der Waals surface area contributed by atoms with E-state index in [0.717, 1.165) is 24.1 Å². The summed E-state index contributed by atoms with van der Waals surface area (Å²) in [5.74, 6) is -0.0756. The van der Waals surface area contributed by atoms with Gasteiger partial charge < -0.3 is 10.6 Å². The van der Waals surface area contributed by atoms with Crippen LogP contribution in [0.25, 0.3) is 0 Å². The van der Waals surface area contributed by atoms with Gasteiger partial charge >= 0.3 is 0 Å². The summed E-state index contributed by atoms with van der Waals surface area (Å²) in [5, 5.41) is 5.75. The maximum atomic E-state index is 12.0. The van der Waals surface area contributed by atoms with E-state index in [-0.39, 0.29) is 17.9 Å². The van der Waals surface area contributed by atoms with E-state index in [2.05, 4.69) is 22.8 Å². The Morgan fingerprint density at radius 2 is 2.06 bits per heavy atom. The average molecular weight is 242 g/mol. The number of carbonyl (C=O) groups excluding carboxylic acids is 2. The van der Waals surface area contributed by atoms with Crippen LogP contribution in [0.2, 0.25) is 0 Å². The lowest BCUT2D eigenvalue weighted by molar-refractivity contribution is -0.115. The zero-order chi connectivity index (χ0) is 12.5. The monoisotopic (exact) mass is 242 g/mol. The van der Waals surface area contributed by atoms with Crippen LogP contribution in [0.15, 0.2) is 30.4 Å². The minimum Gasteiger partial charge on any atom is -0.349 e. The molecule has 4 nitrogen and oxygen atoms in total. The van der Waals surface area contributed by atoms with Crippen molar-refractivity contribution >= 4 is 17.5 Å². The van der Waals surface area contributed by atoms with Crippen LogP contribution in [0.4, 0.5) is 5.69 Å². The van der Waals surface area contributed by atoms with Crippen molar-refractivity contribution < 1.29 is 9.59 Å². The van der Waals surface area contributed by atoms with Gasteiger partial charge in [-0.15, -0.1) is 0 Å². The van der Waals surface area contributed by atoms with Crippen molar-refractivity contribution in [1.29, 1.82) is 0 Å². The number of hydrogen-bond donors (Lipinski definition) is 2. The summed E-state index contributed by atoms with van der Waals surface area (Å²) in [5.41, 5.74) is 2.34. The second-order valence-corrected chi connectivity index (χ2v) is 4.71. The second-order valence-electron chi connectivity index (χ2n) is 4.71. The lowest BCUT2D eigenvalue weighted by Crippen LogP contribution is -2.32. The first-order chi connectivity index (χ1) is 8.72. The van der Waals surface area contributed by atoms with Gasteiger partial charge in [0.15, 0.2) is 0 Å². The third-order valence-corrected chi connectivity index (χ3v) is 3.34. The predicted octanol–water partition coefficient (Wildman–Crippen LogP) is 1.63. The molecule has 2 aliphatic rings. The molecule has 2 amide bonds. The van der Waals surface area contributed by atoms with Gasteiger partial charge in [0, 0.05) is 17.3 Å². The number of benzene rings is 1. The van der Waals surface area contributed by atoms with E-state index in [9.17, 15) is 9.59 Å². The topological polar surface area (TPSA) is 58.2 Å². The molecule has 1 aliphatic carbocycles. The van der Waals surface area contributed by atoms with E-state index in [1.54, 1.807) is 18.2 Å². The van der Waals surface area contributed by atoms with Crippen LogP contribution in [0.3, 0.4) is 0 Å². The highest BCUT2D eigenvalue weighted by Crippen LogP contribution is 2.24. The average Bonchev–Trinajstić information content (AvgIpc) is 2.95. The molecule has 0 saturated heterocycles. The zero-order valence-electron chi connectivity index (χ0n) is 9.90. The van der Waals surface area contributed by atoms with E-state index in [1.807, 2.05) is 0 Å². The van der Waals surface area contributed by atoms with Crippen molar-refractivity contribution in [3.63, 3.8) is 0 Å². The Hall–Kier alpha value is -2.10. The van der Waals surface area contributed by atoms with Gasteiger partial charge in [-0.3, -0.25) is 9.59 Å². The van der Waals surface area contributed by atoms with Crippen molar-refractivity contribution in [2.24, 2.45) is 0 Å². The quantitative estimate of drug-likeness (QED) is 0.774. The van der Waals surface area contributed by atoms with Crippen LogP contribution in [-0.2, 0) is 11.2 Å². The van der Waals surface area contributed by atoms with Crippen molar-refractivity contribution in [3.05, 3.63) is 41.5 Å². The molecule has 1 aromatic rings. The summed E-state index contributed by atoms with van der Waals surface area (Å²) in [6.45, 7) is 0. The number of fused-ring (bicyclic) bond motifs is 1. The molecule has 0 fully saturated rings. The number of anilines is 1. The van der Waals surface area contributed by atoms with Crippen LogP contribution in [0.1, 0.15) is 28.8 Å². The number of hydrogen-bond acceptors (Lipinski definition) is 2. The number of nitrogens with one attached hydrogen (secondary N) is 2. The van der Waals surface area contributed by atoms with Gasteiger partial charge in [-0.2, -0.15) is 0 Å². The summed E-state index contributed by atoms with van der Waals surface area (Å²) in [6, 6.07) is 5.56. The molecule has 0 radical (unpaired) electrons. The molecular weight excluding hydrogens is 228 g/mol. The molecule has 0 atom stereocenters. The Labute approximate surface area is 105 Å². The van der Waals surface area contributed by atoms with E-state index < -0.39 is 0 Å². The van der Waals surface area contributed by atoms with Crippen molar-refractivity contribution in [2.75, 3.05) is 5.32 Å². The standard InChI is InChI=1S/C14H14N2O2/c17-13-8-10-7-9(5-6-12(10)16-13)14(18)15-11-3-1-2-4-11/h1-2,5-7,11H,3-4,8H2,(H,15,18)(H,16,17). The summed E-state index contributed by atoms with van der Waals surface area (Å²) in [7, 11) is 0. The Morgan fingerprint density at radius 1 is 1.28 bits per heavy atom. The van der Waals surface area contributed by atoms with Crippen LogP contribution >= 0.6 is 0 Å². The fraction of sp³-hybridized carbons (Fsp3) is 0.286. The van der Waals surface area contributed by atoms with Crippen LogP contribution < -0.4 is 10.6 Å². The maximum Gasteiger partial charge on any atom is 0.251 e. The first-order valence-electron chi connectivity index (χ1n) is 6.11. The molecule has 0 unspecified atom stereocenters. The molecule has 0 spiro atoms. The number of rotatable bonds is 2. The molecule has 18 heavy (non-hydrogen) atoms. The van der Waals surface area contributed by atoms with E-state index >= 15 is 0 Å². The largest absolute Gasteiger partial charge is 0.349 e. The molecule has 3 rings (SSSR count). The number of amides is 2. The van der Waals surface area contributed by atoms with Gasteiger partial charge in [-0.05, 0) is 36.6 Å². The Balaban J connectivity index is 1.74. The van der Waals surface area contributed by atoms with Gasteiger partial charge in [0.2, 0.25) is 5.91 Å². The molecule has 0 saturated carbocycles. The molecule has 4 heteroatoms. The first kappa shape index (κ1) is 11.0. The van der Waals surface area contributed by atoms with Crippen molar-refractivity contribution in [3.8, 4) is 0 Å². The van der Waals surface area contributed by atoms with Gasteiger partial charge in [-0.25, -0.2) is 0 Å². The van der Waals surface area contributed by atoms with Crippen molar-refractivity contribution in [1.82, 2.24) is 5.32 Å². The van der Waals surface area contributed by atoms with Gasteiger partial charge in [0.1, 0.15) is 0 Å². The lowest BCUT2D eigenvalue weighted by atomic mass is 10.1. The molecule has 2 N–H and O–H groups in total. The third-order valence-electron chi connectivity index (χ3n) is 3.34. The Kier molecular flexibility index (Phi) is 2.63. The van der Waals surface area contributed by atoms with Gasteiger partial charge in [0.05, 0.1) is 6.42 Å². The normalized spacial score (nSPS) is 17.7. The van der Waals surface area contributed by atoms with Crippen LogP contribution in [-0.4, -0.2) is 17.9 Å². The first-order valence-corrected chi connectivity index (χ1v) is 6.11. The van der Waals surface area contributed by atoms with Crippen LogP contribution in [0, 0.1) is 0 Å². The van der Waals surface area contributed by atoms with E-state index in [1.165, 1.54) is 0 Å². The van der Waals surface area contributed by atoms with E-state index in [0.29, 0.717) is 12.0 Å². The summed E-state index contributed by atoms with van der Waals surface area (Å²) < 4.78 is 0. The fourth-order valence-corrected chi connectivity index (χ4v) is 2.37. The lowest BCUT2D eigenvalue weighted by Gasteiger charge is -2.12. The minimum atomic E-state index is -0.0640. The minimum absolute atomic E-state index is 0.0115. The molecule has 1 aromatic carbocycles. The summed E-state index contributed by atoms with van der Waals surface area (Å²) in [6.07, 6.45) is 6.32. The summed E-state index contributed by atoms with van der Waals surface area (Å²) >= 11 is 0. The Morgan fingerprint density at radius 3 is 2.83 bits per heavy atom.